The Labute approximate surface area is 171 Å². The van der Waals surface area contributed by atoms with Crippen LogP contribution in [0.3, 0.4) is 0 Å². The number of aliphatic hydroxyl groups is 1. The lowest BCUT2D eigenvalue weighted by Crippen LogP contribution is -2.30. The van der Waals surface area contributed by atoms with Crippen LogP contribution in [0.1, 0.15) is 56.1 Å². The lowest BCUT2D eigenvalue weighted by molar-refractivity contribution is 0.145. The maximum atomic E-state index is 9.94. The molecule has 1 atom stereocenters. The van der Waals surface area contributed by atoms with Gasteiger partial charge in [0.05, 0.1) is 0 Å². The maximum absolute atomic E-state index is 9.94. The van der Waals surface area contributed by atoms with Gasteiger partial charge in [0.15, 0.2) is 0 Å². The van der Waals surface area contributed by atoms with E-state index in [1.165, 1.54) is 43.2 Å². The van der Waals surface area contributed by atoms with Crippen molar-refractivity contribution in [3.8, 4) is 0 Å². The number of benzene rings is 2. The molecule has 0 heterocycles. The molecule has 28 heavy (non-hydrogen) atoms. The van der Waals surface area contributed by atoms with E-state index in [0.717, 1.165) is 32.5 Å². The molecule has 0 fully saturated rings. The van der Waals surface area contributed by atoms with Gasteiger partial charge in [0.25, 0.3) is 0 Å². The van der Waals surface area contributed by atoms with Crippen molar-refractivity contribution in [2.75, 3.05) is 13.2 Å². The lowest BCUT2D eigenvalue weighted by atomic mass is 9.99. The molecule has 0 aliphatic carbocycles. The fraction of sp³-hybridized carbons (Fsp3) is 0.462. The summed E-state index contributed by atoms with van der Waals surface area (Å²) < 4.78 is 0. The first-order chi connectivity index (χ1) is 13.8. The zero-order valence-electron chi connectivity index (χ0n) is 17.3. The minimum atomic E-state index is 0.274. The van der Waals surface area contributed by atoms with E-state index in [1.807, 2.05) is 6.08 Å². The number of rotatable bonds is 15. The van der Waals surface area contributed by atoms with Gasteiger partial charge in [-0.3, -0.25) is 4.90 Å². The predicted molar refractivity (Wildman–Crippen MR) is 120 cm³/mol. The Kier molecular flexibility index (Phi) is 11.3. The molecule has 0 aliphatic heterocycles. The Morgan fingerprint density at radius 2 is 1.32 bits per heavy atom. The van der Waals surface area contributed by atoms with Gasteiger partial charge in [-0.25, -0.2) is 0 Å². The highest BCUT2D eigenvalue weighted by atomic mass is 16.3. The summed E-state index contributed by atoms with van der Waals surface area (Å²) in [5.74, 6) is 0.348. The van der Waals surface area contributed by atoms with Crippen LogP contribution in [0.2, 0.25) is 0 Å². The second kappa shape index (κ2) is 14.1. The largest absolute Gasteiger partial charge is 0.396 e. The highest BCUT2D eigenvalue weighted by Gasteiger charge is 2.14. The van der Waals surface area contributed by atoms with Gasteiger partial charge in [0, 0.05) is 26.2 Å². The Morgan fingerprint density at radius 3 is 1.86 bits per heavy atom. The molecule has 0 bridgehead atoms. The molecule has 2 heteroatoms. The summed E-state index contributed by atoms with van der Waals surface area (Å²) in [4.78, 5) is 2.48. The molecule has 0 unspecified atom stereocenters. The van der Waals surface area contributed by atoms with Crippen molar-refractivity contribution >= 4 is 0 Å². The van der Waals surface area contributed by atoms with Gasteiger partial charge in [-0.05, 0) is 36.3 Å². The van der Waals surface area contributed by atoms with Gasteiger partial charge in [-0.1, -0.05) is 92.4 Å². The van der Waals surface area contributed by atoms with E-state index in [0.29, 0.717) is 5.92 Å². The Bertz CT molecular complexity index is 584. The minimum absolute atomic E-state index is 0.274. The molecule has 0 aromatic heterocycles. The quantitative estimate of drug-likeness (QED) is 0.293. The van der Waals surface area contributed by atoms with Gasteiger partial charge >= 0.3 is 0 Å². The highest BCUT2D eigenvalue weighted by Crippen LogP contribution is 2.17. The minimum Gasteiger partial charge on any atom is -0.396 e. The van der Waals surface area contributed by atoms with Crippen molar-refractivity contribution in [1.29, 1.82) is 0 Å². The first-order valence-electron chi connectivity index (χ1n) is 10.8. The van der Waals surface area contributed by atoms with Gasteiger partial charge in [0.1, 0.15) is 0 Å². The molecule has 0 amide bonds. The van der Waals surface area contributed by atoms with Crippen LogP contribution in [-0.2, 0) is 13.1 Å². The van der Waals surface area contributed by atoms with Crippen molar-refractivity contribution in [2.45, 2.75) is 58.0 Å². The van der Waals surface area contributed by atoms with E-state index in [2.05, 4.69) is 72.1 Å². The van der Waals surface area contributed by atoms with Gasteiger partial charge in [-0.15, -0.1) is 6.58 Å². The molecule has 2 aromatic carbocycles. The van der Waals surface area contributed by atoms with Gasteiger partial charge in [0.2, 0.25) is 0 Å². The van der Waals surface area contributed by atoms with Crippen molar-refractivity contribution in [3.05, 3.63) is 84.4 Å². The van der Waals surface area contributed by atoms with E-state index >= 15 is 0 Å². The number of aliphatic hydroxyl groups excluding tert-OH is 1. The molecule has 0 spiro atoms. The van der Waals surface area contributed by atoms with Crippen molar-refractivity contribution in [3.63, 3.8) is 0 Å². The number of unbranched alkanes of at least 4 members (excludes halogenated alkanes) is 5. The highest BCUT2D eigenvalue weighted by molar-refractivity contribution is 5.17. The van der Waals surface area contributed by atoms with Crippen LogP contribution in [0.4, 0.5) is 0 Å². The standard InChI is InChI=1S/C26H37NO/c1-2-3-4-5-6-7-10-19-26(23-28)22-27(20-24-15-11-8-12-16-24)21-25-17-13-9-14-18-25/h2,8-9,11-18,26,28H,1,3-7,10,19-23H2/t26-/m1/s1. The van der Waals surface area contributed by atoms with E-state index in [4.69, 9.17) is 0 Å². The second-order valence-electron chi connectivity index (χ2n) is 7.82. The van der Waals surface area contributed by atoms with E-state index < -0.39 is 0 Å². The molecule has 0 saturated carbocycles. The molecule has 1 N–H and O–H groups in total. The van der Waals surface area contributed by atoms with Gasteiger partial charge < -0.3 is 5.11 Å². The van der Waals surface area contributed by atoms with Crippen molar-refractivity contribution in [2.24, 2.45) is 5.92 Å². The number of nitrogens with zero attached hydrogens (tertiary/aromatic N) is 1. The second-order valence-corrected chi connectivity index (χ2v) is 7.82. The van der Waals surface area contributed by atoms with Crippen LogP contribution in [0, 0.1) is 5.92 Å². The van der Waals surface area contributed by atoms with Crippen LogP contribution >= 0.6 is 0 Å². The zero-order valence-corrected chi connectivity index (χ0v) is 17.3. The third kappa shape index (κ3) is 9.34. The molecule has 152 valence electrons. The summed E-state index contributed by atoms with van der Waals surface area (Å²) in [6, 6.07) is 21.3. The first kappa shape index (κ1) is 22.4. The molecule has 2 nitrogen and oxygen atoms in total. The SMILES string of the molecule is C=CCCCCCCC[C@@H](CO)CN(Cc1ccccc1)Cc1ccccc1. The fourth-order valence-corrected chi connectivity index (χ4v) is 3.73. The van der Waals surface area contributed by atoms with E-state index in [1.54, 1.807) is 0 Å². The molecular weight excluding hydrogens is 342 g/mol. The summed E-state index contributed by atoms with van der Waals surface area (Å²) in [6.45, 7) is 6.85. The summed E-state index contributed by atoms with van der Waals surface area (Å²) >= 11 is 0. The average Bonchev–Trinajstić information content (AvgIpc) is 2.73. The first-order valence-corrected chi connectivity index (χ1v) is 10.8. The van der Waals surface area contributed by atoms with Crippen molar-refractivity contribution in [1.82, 2.24) is 4.90 Å². The summed E-state index contributed by atoms with van der Waals surface area (Å²) in [5, 5.41) is 9.94. The van der Waals surface area contributed by atoms with Crippen LogP contribution < -0.4 is 0 Å². The monoisotopic (exact) mass is 379 g/mol. The van der Waals surface area contributed by atoms with Crippen LogP contribution in [0.25, 0.3) is 0 Å². The van der Waals surface area contributed by atoms with E-state index in [9.17, 15) is 5.11 Å². The van der Waals surface area contributed by atoms with Crippen LogP contribution in [-0.4, -0.2) is 23.2 Å². The fourth-order valence-electron chi connectivity index (χ4n) is 3.73. The molecule has 0 radical (unpaired) electrons. The summed E-state index contributed by atoms with van der Waals surface area (Å²) in [5.41, 5.74) is 2.66. The average molecular weight is 380 g/mol. The summed E-state index contributed by atoms with van der Waals surface area (Å²) in [7, 11) is 0. The molecule has 0 aliphatic rings. The lowest BCUT2D eigenvalue weighted by Gasteiger charge is -2.27. The third-order valence-corrected chi connectivity index (χ3v) is 5.29. The predicted octanol–water partition coefficient (Wildman–Crippen LogP) is 6.21. The number of hydrogen-bond donors (Lipinski definition) is 1. The van der Waals surface area contributed by atoms with Gasteiger partial charge in [-0.2, -0.15) is 0 Å². The van der Waals surface area contributed by atoms with E-state index in [-0.39, 0.29) is 6.61 Å². The van der Waals surface area contributed by atoms with Crippen molar-refractivity contribution < 1.29 is 5.11 Å². The zero-order chi connectivity index (χ0) is 19.9. The Morgan fingerprint density at radius 1 is 0.786 bits per heavy atom. The van der Waals surface area contributed by atoms with Crippen LogP contribution in [0.5, 0.6) is 0 Å². The molecular formula is C26H37NO. The third-order valence-electron chi connectivity index (χ3n) is 5.29. The number of hydrogen-bond acceptors (Lipinski definition) is 2. The normalized spacial score (nSPS) is 12.2. The molecule has 2 rings (SSSR count). The van der Waals surface area contributed by atoms with Crippen LogP contribution in [0.15, 0.2) is 73.3 Å². The Hall–Kier alpha value is -1.90. The number of allylic oxidation sites excluding steroid dienone is 1. The maximum Gasteiger partial charge on any atom is 0.0471 e. The summed E-state index contributed by atoms with van der Waals surface area (Å²) in [6.07, 6.45) is 10.6. The topological polar surface area (TPSA) is 23.5 Å². The molecule has 0 saturated heterocycles. The smallest absolute Gasteiger partial charge is 0.0471 e. The Balaban J connectivity index is 1.84. The molecule has 2 aromatic rings.